The number of hydrogen-bond acceptors (Lipinski definition) is 2. The summed E-state index contributed by atoms with van der Waals surface area (Å²) in [5.41, 5.74) is 0.555. The number of rotatable bonds is 4. The Kier molecular flexibility index (Phi) is 3.77. The third-order valence-corrected chi connectivity index (χ3v) is 1.97. The van der Waals surface area contributed by atoms with Gasteiger partial charge in [-0.15, -0.1) is 0 Å². The van der Waals surface area contributed by atoms with Crippen LogP contribution in [0.15, 0.2) is 18.2 Å². The fourth-order valence-corrected chi connectivity index (χ4v) is 1.29. The molecule has 0 spiro atoms. The zero-order chi connectivity index (χ0) is 11.4. The van der Waals surface area contributed by atoms with Crippen molar-refractivity contribution in [1.82, 2.24) is 0 Å². The first kappa shape index (κ1) is 11.6. The minimum absolute atomic E-state index is 0.0495. The smallest absolute Gasteiger partial charge is 0.300 e. The molecule has 4 heteroatoms. The van der Waals surface area contributed by atoms with E-state index in [1.165, 1.54) is 12.1 Å². The monoisotopic (exact) mass is 214 g/mol. The Hall–Kier alpha value is -1.45. The normalized spacial score (nSPS) is 10.5. The van der Waals surface area contributed by atoms with Crippen molar-refractivity contribution in [3.63, 3.8) is 0 Å². The molecule has 0 saturated heterocycles. The van der Waals surface area contributed by atoms with E-state index >= 15 is 0 Å². The van der Waals surface area contributed by atoms with Gasteiger partial charge in [0.05, 0.1) is 6.61 Å². The van der Waals surface area contributed by atoms with Gasteiger partial charge in [0.2, 0.25) is 5.78 Å². The molecule has 1 aromatic carbocycles. The highest BCUT2D eigenvalue weighted by atomic mass is 19.3. The van der Waals surface area contributed by atoms with E-state index in [2.05, 4.69) is 0 Å². The number of ether oxygens (including phenoxy) is 1. The van der Waals surface area contributed by atoms with Crippen molar-refractivity contribution >= 4 is 5.78 Å². The predicted octanol–water partition coefficient (Wildman–Crippen LogP) is 2.84. The number of carbonyl (C=O) groups excluding carboxylic acids is 1. The van der Waals surface area contributed by atoms with Gasteiger partial charge in [-0.2, -0.15) is 0 Å². The van der Waals surface area contributed by atoms with E-state index in [4.69, 9.17) is 4.74 Å². The summed E-state index contributed by atoms with van der Waals surface area (Å²) in [7, 11) is 0. The Labute approximate surface area is 86.9 Å². The van der Waals surface area contributed by atoms with E-state index in [0.29, 0.717) is 17.9 Å². The van der Waals surface area contributed by atoms with Crippen LogP contribution in [-0.4, -0.2) is 18.8 Å². The number of benzene rings is 1. The van der Waals surface area contributed by atoms with Gasteiger partial charge in [-0.1, -0.05) is 0 Å². The van der Waals surface area contributed by atoms with Gasteiger partial charge >= 0.3 is 6.43 Å². The molecular weight excluding hydrogens is 202 g/mol. The van der Waals surface area contributed by atoms with Crippen LogP contribution in [-0.2, 0) is 0 Å². The molecule has 0 amide bonds. The zero-order valence-electron chi connectivity index (χ0n) is 8.59. The van der Waals surface area contributed by atoms with Crippen LogP contribution >= 0.6 is 0 Å². The van der Waals surface area contributed by atoms with Crippen LogP contribution < -0.4 is 4.74 Å². The first-order valence-corrected chi connectivity index (χ1v) is 4.62. The second-order valence-corrected chi connectivity index (χ2v) is 3.07. The molecule has 0 saturated carbocycles. The van der Waals surface area contributed by atoms with E-state index in [9.17, 15) is 13.6 Å². The van der Waals surface area contributed by atoms with Gasteiger partial charge < -0.3 is 4.74 Å². The molecule has 82 valence electrons. The van der Waals surface area contributed by atoms with Gasteiger partial charge in [-0.05, 0) is 37.6 Å². The topological polar surface area (TPSA) is 26.3 Å². The van der Waals surface area contributed by atoms with Gasteiger partial charge in [0.25, 0.3) is 0 Å². The molecule has 0 radical (unpaired) electrons. The number of alkyl halides is 2. The van der Waals surface area contributed by atoms with Crippen molar-refractivity contribution in [2.75, 3.05) is 6.61 Å². The molecule has 0 fully saturated rings. The number of ketones is 1. The maximum atomic E-state index is 12.2. The minimum atomic E-state index is -2.96. The molecule has 1 aromatic rings. The largest absolute Gasteiger partial charge is 0.494 e. The third kappa shape index (κ3) is 2.75. The van der Waals surface area contributed by atoms with Crippen LogP contribution in [0.25, 0.3) is 0 Å². The van der Waals surface area contributed by atoms with E-state index in [0.717, 1.165) is 0 Å². The Morgan fingerprint density at radius 2 is 2.13 bits per heavy atom. The summed E-state index contributed by atoms with van der Waals surface area (Å²) < 4.78 is 29.5. The maximum Gasteiger partial charge on any atom is 0.300 e. The number of aryl methyl sites for hydroxylation is 1. The number of carbonyl (C=O) groups is 1. The van der Waals surface area contributed by atoms with Crippen LogP contribution in [0, 0.1) is 6.92 Å². The molecule has 0 aliphatic carbocycles. The lowest BCUT2D eigenvalue weighted by Gasteiger charge is -2.07. The molecule has 2 nitrogen and oxygen atoms in total. The summed E-state index contributed by atoms with van der Waals surface area (Å²) in [6.07, 6.45) is -2.96. The highest BCUT2D eigenvalue weighted by Crippen LogP contribution is 2.19. The fourth-order valence-electron chi connectivity index (χ4n) is 1.29. The molecule has 0 atom stereocenters. The summed E-state index contributed by atoms with van der Waals surface area (Å²) in [6, 6.07) is 4.47. The summed E-state index contributed by atoms with van der Waals surface area (Å²) in [4.78, 5) is 11.0. The summed E-state index contributed by atoms with van der Waals surface area (Å²) >= 11 is 0. The Balaban J connectivity index is 2.97. The number of hydrogen-bond donors (Lipinski definition) is 0. The lowest BCUT2D eigenvalue weighted by atomic mass is 10.0. The molecule has 0 heterocycles. The van der Waals surface area contributed by atoms with Gasteiger partial charge in [0, 0.05) is 5.56 Å². The Morgan fingerprint density at radius 3 is 2.60 bits per heavy atom. The molecule has 0 aliphatic rings. The molecule has 0 unspecified atom stereocenters. The zero-order valence-corrected chi connectivity index (χ0v) is 8.59. The molecule has 0 aromatic heterocycles. The van der Waals surface area contributed by atoms with Crippen molar-refractivity contribution in [1.29, 1.82) is 0 Å². The second kappa shape index (κ2) is 4.87. The number of Topliss-reactive ketones (excluding diaryl/α,β-unsaturated/α-hetero) is 1. The second-order valence-electron chi connectivity index (χ2n) is 3.07. The highest BCUT2D eigenvalue weighted by molar-refractivity contribution is 5.99. The summed E-state index contributed by atoms with van der Waals surface area (Å²) in [6.45, 7) is 3.94. The van der Waals surface area contributed by atoms with Gasteiger partial charge in [-0.25, -0.2) is 8.78 Å². The number of halogens is 2. The maximum absolute atomic E-state index is 12.2. The minimum Gasteiger partial charge on any atom is -0.494 e. The van der Waals surface area contributed by atoms with Gasteiger partial charge in [0.1, 0.15) is 5.75 Å². The third-order valence-electron chi connectivity index (χ3n) is 1.97. The molecule has 0 N–H and O–H groups in total. The lowest BCUT2D eigenvalue weighted by molar-refractivity contribution is 0.0678. The molecule has 15 heavy (non-hydrogen) atoms. The first-order valence-electron chi connectivity index (χ1n) is 4.62. The van der Waals surface area contributed by atoms with E-state index in [1.54, 1.807) is 13.0 Å². The SMILES string of the molecule is CCOc1ccc(C(=O)C(F)F)c(C)c1. The van der Waals surface area contributed by atoms with E-state index < -0.39 is 12.2 Å². The molecule has 0 bridgehead atoms. The van der Waals surface area contributed by atoms with Crippen LogP contribution in [0.2, 0.25) is 0 Å². The van der Waals surface area contributed by atoms with Gasteiger partial charge in [0.15, 0.2) is 0 Å². The van der Waals surface area contributed by atoms with Crippen LogP contribution in [0.3, 0.4) is 0 Å². The first-order chi connectivity index (χ1) is 7.06. The van der Waals surface area contributed by atoms with Crippen LogP contribution in [0.1, 0.15) is 22.8 Å². The molecule has 0 aliphatic heterocycles. The highest BCUT2D eigenvalue weighted by Gasteiger charge is 2.19. The molecular formula is C11H12F2O2. The van der Waals surface area contributed by atoms with Crippen molar-refractivity contribution in [2.24, 2.45) is 0 Å². The van der Waals surface area contributed by atoms with Gasteiger partial charge in [-0.3, -0.25) is 4.79 Å². The Morgan fingerprint density at radius 1 is 1.47 bits per heavy atom. The van der Waals surface area contributed by atoms with Crippen molar-refractivity contribution in [3.05, 3.63) is 29.3 Å². The van der Waals surface area contributed by atoms with E-state index in [1.807, 2.05) is 6.92 Å². The van der Waals surface area contributed by atoms with Crippen LogP contribution in [0.4, 0.5) is 8.78 Å². The average Bonchev–Trinajstić information content (AvgIpc) is 2.17. The van der Waals surface area contributed by atoms with Crippen molar-refractivity contribution in [3.8, 4) is 5.75 Å². The predicted molar refractivity (Wildman–Crippen MR) is 52.7 cm³/mol. The standard InChI is InChI=1S/C11H12F2O2/c1-3-15-8-4-5-9(7(2)6-8)10(14)11(12)13/h4-6,11H,3H2,1-2H3. The summed E-state index contributed by atoms with van der Waals surface area (Å²) in [5.74, 6) is -0.559. The fraction of sp³-hybridized carbons (Fsp3) is 0.364. The van der Waals surface area contributed by atoms with E-state index in [-0.39, 0.29) is 5.56 Å². The quantitative estimate of drug-likeness (QED) is 0.720. The summed E-state index contributed by atoms with van der Waals surface area (Å²) in [5, 5.41) is 0. The average molecular weight is 214 g/mol. The van der Waals surface area contributed by atoms with Crippen LogP contribution in [0.5, 0.6) is 5.75 Å². The van der Waals surface area contributed by atoms with Crippen molar-refractivity contribution < 1.29 is 18.3 Å². The lowest BCUT2D eigenvalue weighted by Crippen LogP contribution is -2.11. The Bertz CT molecular complexity index is 362. The van der Waals surface area contributed by atoms with Crippen molar-refractivity contribution in [2.45, 2.75) is 20.3 Å². The molecule has 1 rings (SSSR count).